The summed E-state index contributed by atoms with van der Waals surface area (Å²) in [5.74, 6) is 0. The summed E-state index contributed by atoms with van der Waals surface area (Å²) < 4.78 is 0. The molecule has 0 radical (unpaired) electrons. The van der Waals surface area contributed by atoms with Crippen molar-refractivity contribution in [2.75, 3.05) is 0 Å². The molecule has 0 aromatic carbocycles. The summed E-state index contributed by atoms with van der Waals surface area (Å²) >= 11 is 0. The van der Waals surface area contributed by atoms with Crippen molar-refractivity contribution in [2.45, 2.75) is 44.8 Å². The van der Waals surface area contributed by atoms with Crippen LogP contribution in [0.5, 0.6) is 0 Å². The van der Waals surface area contributed by atoms with Crippen molar-refractivity contribution in [3.8, 4) is 0 Å². The van der Waals surface area contributed by atoms with Gasteiger partial charge in [0.15, 0.2) is 0 Å². The first-order chi connectivity index (χ1) is 4.20. The summed E-state index contributed by atoms with van der Waals surface area (Å²) in [4.78, 5) is 0. The van der Waals surface area contributed by atoms with Gasteiger partial charge in [-0.05, 0) is 12.8 Å². The van der Waals surface area contributed by atoms with Crippen molar-refractivity contribution in [1.29, 1.82) is 0 Å². The first-order valence-electron chi connectivity index (χ1n) is 3.72. The van der Waals surface area contributed by atoms with E-state index in [-0.39, 0.29) is 0 Å². The molecule has 2 nitrogen and oxygen atoms in total. The van der Waals surface area contributed by atoms with Crippen LogP contribution in [0.25, 0.3) is 0 Å². The predicted octanol–water partition coefficient (Wildman–Crippen LogP) is 0.474. The zero-order valence-corrected chi connectivity index (χ0v) is 6.22. The van der Waals surface area contributed by atoms with Crippen LogP contribution in [-0.2, 0) is 0 Å². The molecule has 0 spiro atoms. The van der Waals surface area contributed by atoms with E-state index in [2.05, 4.69) is 19.2 Å². The lowest BCUT2D eigenvalue weighted by molar-refractivity contribution is 0.269. The lowest BCUT2D eigenvalue weighted by Crippen LogP contribution is -2.54. The molecule has 0 amide bonds. The van der Waals surface area contributed by atoms with E-state index in [0.717, 1.165) is 0 Å². The Hall–Kier alpha value is -0.0800. The molecule has 0 aliphatic heterocycles. The Morgan fingerprint density at radius 2 is 2.11 bits per heavy atom. The third-order valence-corrected chi connectivity index (χ3v) is 1.88. The summed E-state index contributed by atoms with van der Waals surface area (Å²) in [7, 11) is 0. The first kappa shape index (κ1) is 7.03. The van der Waals surface area contributed by atoms with Gasteiger partial charge in [-0.15, -0.1) is 0 Å². The van der Waals surface area contributed by atoms with Crippen LogP contribution in [-0.4, -0.2) is 18.1 Å². The Morgan fingerprint density at radius 3 is 2.22 bits per heavy atom. The van der Waals surface area contributed by atoms with Gasteiger partial charge in [-0.1, -0.05) is 13.8 Å². The van der Waals surface area contributed by atoms with Gasteiger partial charge in [-0.2, -0.15) is 0 Å². The molecule has 2 atom stereocenters. The lowest BCUT2D eigenvalue weighted by atomic mass is 9.87. The summed E-state index contributed by atoms with van der Waals surface area (Å²) in [6.45, 7) is 4.32. The van der Waals surface area contributed by atoms with Crippen molar-refractivity contribution in [3.05, 3.63) is 0 Å². The van der Waals surface area contributed by atoms with Crippen molar-refractivity contribution < 1.29 is 0 Å². The van der Waals surface area contributed by atoms with E-state index in [9.17, 15) is 0 Å². The predicted molar refractivity (Wildman–Crippen MR) is 39.3 cm³/mol. The van der Waals surface area contributed by atoms with Gasteiger partial charge in [-0.25, -0.2) is 0 Å². The largest absolute Gasteiger partial charge is 0.326 e. The van der Waals surface area contributed by atoms with Gasteiger partial charge in [-0.3, -0.25) is 0 Å². The van der Waals surface area contributed by atoms with E-state index >= 15 is 0 Å². The molecule has 0 aromatic rings. The molecule has 3 N–H and O–H groups in total. The van der Waals surface area contributed by atoms with Gasteiger partial charge in [0.2, 0.25) is 0 Å². The van der Waals surface area contributed by atoms with Crippen LogP contribution in [0.2, 0.25) is 0 Å². The molecule has 54 valence electrons. The normalized spacial score (nSPS) is 34.7. The van der Waals surface area contributed by atoms with Gasteiger partial charge in [0.1, 0.15) is 0 Å². The smallest absolute Gasteiger partial charge is 0.0222 e. The van der Waals surface area contributed by atoms with E-state index < -0.39 is 0 Å². The van der Waals surface area contributed by atoms with E-state index in [4.69, 9.17) is 5.73 Å². The second kappa shape index (κ2) is 2.67. The summed E-state index contributed by atoms with van der Waals surface area (Å²) in [6.07, 6.45) is 2.46. The lowest BCUT2D eigenvalue weighted by Gasteiger charge is -2.35. The molecule has 0 bridgehead atoms. The SMILES string of the molecule is CC(C)N[C@@H]1CC[C@H]1N. The van der Waals surface area contributed by atoms with Crippen molar-refractivity contribution >= 4 is 0 Å². The molecule has 0 heterocycles. The van der Waals surface area contributed by atoms with Crippen molar-refractivity contribution in [1.82, 2.24) is 5.32 Å². The Labute approximate surface area is 56.8 Å². The highest BCUT2D eigenvalue weighted by molar-refractivity contribution is 4.90. The quantitative estimate of drug-likeness (QED) is 0.567. The Morgan fingerprint density at radius 1 is 1.44 bits per heavy atom. The highest BCUT2D eigenvalue weighted by Crippen LogP contribution is 2.17. The zero-order chi connectivity index (χ0) is 6.85. The molecular weight excluding hydrogens is 112 g/mol. The van der Waals surface area contributed by atoms with Gasteiger partial charge in [0, 0.05) is 18.1 Å². The maximum absolute atomic E-state index is 5.71. The molecule has 1 aliphatic carbocycles. The first-order valence-corrected chi connectivity index (χ1v) is 3.72. The second-order valence-electron chi connectivity index (χ2n) is 3.17. The average molecular weight is 128 g/mol. The number of hydrogen-bond donors (Lipinski definition) is 2. The maximum Gasteiger partial charge on any atom is 0.0222 e. The molecule has 1 aliphatic rings. The summed E-state index contributed by atoms with van der Waals surface area (Å²) in [6, 6.07) is 1.61. The highest BCUT2D eigenvalue weighted by Gasteiger charge is 2.26. The number of rotatable bonds is 2. The standard InChI is InChI=1S/C7H16N2/c1-5(2)9-7-4-3-6(7)8/h5-7,9H,3-4,8H2,1-2H3/t6-,7-/m1/s1. The van der Waals surface area contributed by atoms with Crippen LogP contribution in [0, 0.1) is 0 Å². The second-order valence-corrected chi connectivity index (χ2v) is 3.17. The fourth-order valence-corrected chi connectivity index (χ4v) is 1.16. The van der Waals surface area contributed by atoms with Crippen molar-refractivity contribution in [3.63, 3.8) is 0 Å². The van der Waals surface area contributed by atoms with E-state index in [1.54, 1.807) is 0 Å². The molecule has 1 saturated carbocycles. The third kappa shape index (κ3) is 1.66. The average Bonchev–Trinajstić information content (AvgIpc) is 1.79. The fourth-order valence-electron chi connectivity index (χ4n) is 1.16. The Kier molecular flexibility index (Phi) is 2.09. The van der Waals surface area contributed by atoms with Gasteiger partial charge in [0.05, 0.1) is 0 Å². The summed E-state index contributed by atoms with van der Waals surface area (Å²) in [5, 5.41) is 3.40. The molecule has 0 aromatic heterocycles. The van der Waals surface area contributed by atoms with Crippen LogP contribution in [0.3, 0.4) is 0 Å². The monoisotopic (exact) mass is 128 g/mol. The van der Waals surface area contributed by atoms with Gasteiger partial charge >= 0.3 is 0 Å². The molecule has 9 heavy (non-hydrogen) atoms. The van der Waals surface area contributed by atoms with E-state index in [1.165, 1.54) is 12.8 Å². The van der Waals surface area contributed by atoms with Gasteiger partial charge < -0.3 is 11.1 Å². The van der Waals surface area contributed by atoms with Crippen molar-refractivity contribution in [2.24, 2.45) is 5.73 Å². The van der Waals surface area contributed by atoms with Gasteiger partial charge in [0.25, 0.3) is 0 Å². The van der Waals surface area contributed by atoms with Crippen LogP contribution >= 0.6 is 0 Å². The molecular formula is C7H16N2. The number of hydrogen-bond acceptors (Lipinski definition) is 2. The number of nitrogens with one attached hydrogen (secondary N) is 1. The molecule has 1 rings (SSSR count). The zero-order valence-electron chi connectivity index (χ0n) is 6.22. The number of nitrogens with two attached hydrogens (primary N) is 1. The minimum Gasteiger partial charge on any atom is -0.326 e. The topological polar surface area (TPSA) is 38.0 Å². The molecule has 0 unspecified atom stereocenters. The summed E-state index contributed by atoms with van der Waals surface area (Å²) in [5.41, 5.74) is 5.71. The molecule has 0 saturated heterocycles. The van der Waals surface area contributed by atoms with Crippen LogP contribution in [0.1, 0.15) is 26.7 Å². The highest BCUT2D eigenvalue weighted by atomic mass is 15.0. The van der Waals surface area contributed by atoms with Crippen LogP contribution < -0.4 is 11.1 Å². The fraction of sp³-hybridized carbons (Fsp3) is 1.00. The minimum absolute atomic E-state index is 0.424. The Balaban J connectivity index is 2.13. The van der Waals surface area contributed by atoms with E-state index in [1.807, 2.05) is 0 Å². The Bertz CT molecular complexity index is 90.9. The van der Waals surface area contributed by atoms with E-state index in [0.29, 0.717) is 18.1 Å². The maximum atomic E-state index is 5.71. The molecule has 1 fully saturated rings. The molecule has 2 heteroatoms. The van der Waals surface area contributed by atoms with Crippen LogP contribution in [0.15, 0.2) is 0 Å². The minimum atomic E-state index is 0.424. The van der Waals surface area contributed by atoms with Crippen LogP contribution in [0.4, 0.5) is 0 Å². The third-order valence-electron chi connectivity index (χ3n) is 1.88.